The zero-order valence-electron chi connectivity index (χ0n) is 21.3. The van der Waals surface area contributed by atoms with Crippen LogP contribution in [-0.4, -0.2) is 73.9 Å². The van der Waals surface area contributed by atoms with E-state index in [2.05, 4.69) is 50.8 Å². The summed E-state index contributed by atoms with van der Waals surface area (Å²) in [5.41, 5.74) is 3.97. The number of ether oxygens (including phenoxy) is 1. The summed E-state index contributed by atoms with van der Waals surface area (Å²) in [4.78, 5) is 15.0. The van der Waals surface area contributed by atoms with Crippen molar-refractivity contribution in [2.75, 3.05) is 19.7 Å². The molecule has 5 rings (SSSR count). The first-order valence-electron chi connectivity index (χ1n) is 12.7. The molecule has 1 aromatic carbocycles. The number of nitrogens with zero attached hydrogens (tertiary/aromatic N) is 5. The molecule has 37 heavy (non-hydrogen) atoms. The average molecular weight is 549 g/mol. The largest absolute Gasteiger partial charge is 0.373 e. The summed E-state index contributed by atoms with van der Waals surface area (Å²) in [6.45, 7) is 3.97. The number of amides is 1. The van der Waals surface area contributed by atoms with E-state index in [0.29, 0.717) is 25.1 Å². The molecule has 200 valence electrons. The monoisotopic (exact) mass is 547 g/mol. The standard InChI is InChI=1S/C26H34ClN7O2.ClH/c1-17-11-24(31-33(17)2)19-5-9-21(10-6-19)34-15-23(13-28-26(35)25-14-29-32-30-25)36-16-22(34)12-18-3-7-20(27)8-4-18;/h3-4,7-8,11,14,19,21-23H,5-6,9-10,12-13,15-16H2,1-2H3,(H,28,35)(H,29,30,32);1H/t19?,21?,22-,23-;/m0./s1. The number of carbonyl (C=O) groups is 1. The van der Waals surface area contributed by atoms with Crippen LogP contribution >= 0.6 is 24.0 Å². The molecule has 1 saturated heterocycles. The Bertz CT molecular complexity index is 1120. The van der Waals surface area contributed by atoms with Crippen LogP contribution in [0.5, 0.6) is 0 Å². The number of aromatic nitrogens is 5. The molecule has 2 aliphatic rings. The topological polar surface area (TPSA) is 101 Å². The molecule has 2 N–H and O–H groups in total. The molecule has 3 aromatic rings. The molecule has 1 saturated carbocycles. The van der Waals surface area contributed by atoms with Gasteiger partial charge in [0.15, 0.2) is 5.69 Å². The molecule has 0 spiro atoms. The number of aryl methyl sites for hydroxylation is 2. The van der Waals surface area contributed by atoms with Crippen LogP contribution in [0, 0.1) is 6.92 Å². The van der Waals surface area contributed by atoms with Crippen molar-refractivity contribution in [1.29, 1.82) is 0 Å². The third-order valence-corrected chi connectivity index (χ3v) is 7.90. The van der Waals surface area contributed by atoms with Gasteiger partial charge in [-0.3, -0.25) is 14.4 Å². The normalized spacial score (nSPS) is 24.4. The number of H-pyrrole nitrogens is 1. The Kier molecular flexibility index (Phi) is 9.23. The van der Waals surface area contributed by atoms with Gasteiger partial charge in [-0.2, -0.15) is 20.5 Å². The number of benzene rings is 1. The number of morpholine rings is 1. The van der Waals surface area contributed by atoms with Crippen molar-refractivity contribution in [1.82, 2.24) is 35.4 Å². The number of aromatic amines is 1. The molecule has 1 aliphatic heterocycles. The van der Waals surface area contributed by atoms with E-state index in [9.17, 15) is 4.79 Å². The molecule has 0 radical (unpaired) electrons. The third kappa shape index (κ3) is 6.71. The highest BCUT2D eigenvalue weighted by Crippen LogP contribution is 2.36. The summed E-state index contributed by atoms with van der Waals surface area (Å²) < 4.78 is 8.22. The number of rotatable bonds is 7. The first-order chi connectivity index (χ1) is 17.5. The summed E-state index contributed by atoms with van der Waals surface area (Å²) in [6.07, 6.45) is 6.81. The number of carbonyl (C=O) groups excluding carboxylic acids is 1. The van der Waals surface area contributed by atoms with E-state index in [4.69, 9.17) is 21.4 Å². The summed E-state index contributed by atoms with van der Waals surface area (Å²) in [7, 11) is 2.01. The molecule has 2 atom stereocenters. The highest BCUT2D eigenvalue weighted by atomic mass is 35.5. The zero-order chi connectivity index (χ0) is 25.1. The summed E-state index contributed by atoms with van der Waals surface area (Å²) >= 11 is 6.11. The first-order valence-corrected chi connectivity index (χ1v) is 13.1. The van der Waals surface area contributed by atoms with Gasteiger partial charge in [-0.05, 0) is 62.8 Å². The molecule has 3 heterocycles. The van der Waals surface area contributed by atoms with E-state index < -0.39 is 0 Å². The minimum absolute atomic E-state index is 0. The molecule has 11 heteroatoms. The summed E-state index contributed by atoms with van der Waals surface area (Å²) in [5.74, 6) is 0.280. The minimum atomic E-state index is -0.242. The minimum Gasteiger partial charge on any atom is -0.373 e. The number of nitrogens with one attached hydrogen (secondary N) is 2. The quantitative estimate of drug-likeness (QED) is 0.467. The lowest BCUT2D eigenvalue weighted by molar-refractivity contribution is -0.0822. The average Bonchev–Trinajstić information content (AvgIpc) is 3.55. The van der Waals surface area contributed by atoms with Crippen LogP contribution in [0.4, 0.5) is 0 Å². The van der Waals surface area contributed by atoms with Gasteiger partial charge in [0.05, 0.1) is 24.6 Å². The van der Waals surface area contributed by atoms with E-state index in [1.54, 1.807) is 0 Å². The van der Waals surface area contributed by atoms with Crippen molar-refractivity contribution >= 4 is 29.9 Å². The van der Waals surface area contributed by atoms with Gasteiger partial charge in [-0.1, -0.05) is 23.7 Å². The molecule has 9 nitrogen and oxygen atoms in total. The van der Waals surface area contributed by atoms with E-state index >= 15 is 0 Å². The predicted octanol–water partition coefficient (Wildman–Crippen LogP) is 3.69. The van der Waals surface area contributed by atoms with E-state index in [-0.39, 0.29) is 36.2 Å². The van der Waals surface area contributed by atoms with Crippen LogP contribution in [0.25, 0.3) is 0 Å². The Morgan fingerprint density at radius 3 is 2.62 bits per heavy atom. The van der Waals surface area contributed by atoms with Crippen LogP contribution in [0.1, 0.15) is 59.0 Å². The maximum atomic E-state index is 12.3. The van der Waals surface area contributed by atoms with Gasteiger partial charge in [-0.25, -0.2) is 0 Å². The van der Waals surface area contributed by atoms with Crippen molar-refractivity contribution in [2.24, 2.45) is 7.05 Å². The van der Waals surface area contributed by atoms with Crippen molar-refractivity contribution in [2.45, 2.75) is 63.1 Å². The molecule has 2 fully saturated rings. The second-order valence-electron chi connectivity index (χ2n) is 10.0. The lowest BCUT2D eigenvalue weighted by atomic mass is 9.82. The number of hydrogen-bond donors (Lipinski definition) is 2. The molecule has 1 aliphatic carbocycles. The van der Waals surface area contributed by atoms with Gasteiger partial charge in [0.2, 0.25) is 0 Å². The smallest absolute Gasteiger partial charge is 0.273 e. The van der Waals surface area contributed by atoms with Gasteiger partial charge >= 0.3 is 0 Å². The lowest BCUT2D eigenvalue weighted by Gasteiger charge is -2.46. The highest BCUT2D eigenvalue weighted by molar-refractivity contribution is 6.30. The van der Waals surface area contributed by atoms with Crippen LogP contribution in [0.3, 0.4) is 0 Å². The van der Waals surface area contributed by atoms with Crippen LogP contribution in [0.2, 0.25) is 5.02 Å². The highest BCUT2D eigenvalue weighted by Gasteiger charge is 2.36. The Hall–Kier alpha value is -2.46. The molecular weight excluding hydrogens is 513 g/mol. The van der Waals surface area contributed by atoms with E-state index in [0.717, 1.165) is 43.7 Å². The van der Waals surface area contributed by atoms with E-state index in [1.807, 2.05) is 23.9 Å². The second kappa shape index (κ2) is 12.4. The fourth-order valence-corrected chi connectivity index (χ4v) is 5.64. The van der Waals surface area contributed by atoms with Gasteiger partial charge in [0.25, 0.3) is 5.91 Å². The van der Waals surface area contributed by atoms with Crippen LogP contribution in [0.15, 0.2) is 36.5 Å². The lowest BCUT2D eigenvalue weighted by Crippen LogP contribution is -2.57. The van der Waals surface area contributed by atoms with Gasteiger partial charge in [0.1, 0.15) is 0 Å². The zero-order valence-corrected chi connectivity index (χ0v) is 22.8. The van der Waals surface area contributed by atoms with Crippen molar-refractivity contribution < 1.29 is 9.53 Å². The summed E-state index contributed by atoms with van der Waals surface area (Å²) in [5, 5.41) is 18.5. The molecule has 1 amide bonds. The van der Waals surface area contributed by atoms with Gasteiger partial charge in [-0.15, -0.1) is 12.4 Å². The van der Waals surface area contributed by atoms with Crippen LogP contribution < -0.4 is 5.32 Å². The fraction of sp³-hybridized carbons (Fsp3) is 0.538. The number of halogens is 2. The maximum absolute atomic E-state index is 12.3. The van der Waals surface area contributed by atoms with Gasteiger partial charge < -0.3 is 10.1 Å². The Morgan fingerprint density at radius 1 is 1.22 bits per heavy atom. The molecule has 2 aromatic heterocycles. The Labute approximate surface area is 228 Å². The molecule has 0 bridgehead atoms. The SMILES string of the molecule is Cc1cc(C2CCC(N3C[C@H](CNC(=O)c4cn[nH]n4)OC[C@@H]3Cc3ccc(Cl)cc3)CC2)nn1C.Cl. The van der Waals surface area contributed by atoms with Crippen molar-refractivity contribution in [3.63, 3.8) is 0 Å². The Balaban J connectivity index is 0.00000320. The summed E-state index contributed by atoms with van der Waals surface area (Å²) in [6, 6.07) is 11.1. The first kappa shape index (κ1) is 27.6. The van der Waals surface area contributed by atoms with Gasteiger partial charge in [0, 0.05) is 48.9 Å². The Morgan fingerprint density at radius 2 is 1.97 bits per heavy atom. The van der Waals surface area contributed by atoms with Crippen molar-refractivity contribution in [3.8, 4) is 0 Å². The van der Waals surface area contributed by atoms with Crippen molar-refractivity contribution in [3.05, 3.63) is 64.2 Å². The molecular formula is C26H35Cl2N7O2. The van der Waals surface area contributed by atoms with Crippen LogP contribution in [-0.2, 0) is 18.2 Å². The predicted molar refractivity (Wildman–Crippen MR) is 144 cm³/mol. The fourth-order valence-electron chi connectivity index (χ4n) is 5.52. The van der Waals surface area contributed by atoms with E-state index in [1.165, 1.54) is 23.1 Å². The maximum Gasteiger partial charge on any atom is 0.273 e. The number of hydrogen-bond acceptors (Lipinski definition) is 6. The second-order valence-corrected chi connectivity index (χ2v) is 10.5. The molecule has 0 unspecified atom stereocenters. The third-order valence-electron chi connectivity index (χ3n) is 7.65.